The molecule has 202 valence electrons. The molecule has 3 heterocycles. The Hall–Kier alpha value is -4.48. The molecule has 2 atom stereocenters. The van der Waals surface area contributed by atoms with Gasteiger partial charge in [-0.25, -0.2) is 15.0 Å². The van der Waals surface area contributed by atoms with E-state index < -0.39 is 29.0 Å². The summed E-state index contributed by atoms with van der Waals surface area (Å²) in [5.74, 6) is -0.834. The summed E-state index contributed by atoms with van der Waals surface area (Å²) in [6, 6.07) is 7.96. The number of rotatable bonds is 5. The molecule has 1 amide bonds. The van der Waals surface area contributed by atoms with Gasteiger partial charge in [-0.05, 0) is 50.5 Å². The fourth-order valence-electron chi connectivity index (χ4n) is 5.12. The molecule has 1 fully saturated rings. The molecule has 0 radical (unpaired) electrons. The molecule has 0 saturated heterocycles. The van der Waals surface area contributed by atoms with Crippen LogP contribution >= 0.6 is 0 Å². The number of carboxylic acids is 1. The van der Waals surface area contributed by atoms with Crippen molar-refractivity contribution in [2.75, 3.05) is 11.1 Å². The molecule has 9 nitrogen and oxygen atoms in total. The fourth-order valence-corrected chi connectivity index (χ4v) is 5.12. The molecule has 4 N–H and O–H groups in total. The Bertz CT molecular complexity index is 1570. The van der Waals surface area contributed by atoms with Gasteiger partial charge in [-0.3, -0.25) is 14.0 Å². The van der Waals surface area contributed by atoms with Gasteiger partial charge in [0.2, 0.25) is 0 Å². The molecule has 2 unspecified atom stereocenters. The summed E-state index contributed by atoms with van der Waals surface area (Å²) in [6.45, 7) is 1.76. The van der Waals surface area contributed by atoms with Gasteiger partial charge < -0.3 is 16.2 Å². The molecule has 1 aliphatic carbocycles. The third-order valence-corrected chi connectivity index (χ3v) is 7.22. The number of hydrogen-bond donors (Lipinski definition) is 3. The number of aromatic nitrogens is 4. The Morgan fingerprint density at radius 3 is 2.59 bits per heavy atom. The van der Waals surface area contributed by atoms with Crippen LogP contribution in [0.5, 0.6) is 0 Å². The van der Waals surface area contributed by atoms with Crippen molar-refractivity contribution < 1.29 is 27.9 Å². The number of amides is 1. The number of nitrogens with one attached hydrogen (secondary N) is 1. The van der Waals surface area contributed by atoms with Crippen LogP contribution in [0.1, 0.15) is 60.3 Å². The number of imidazole rings is 1. The Morgan fingerprint density at radius 1 is 1.15 bits per heavy atom. The molecule has 4 aromatic rings. The first-order chi connectivity index (χ1) is 18.5. The average Bonchev–Trinajstić information content (AvgIpc) is 3.29. The molecule has 0 aliphatic heterocycles. The Labute approximate surface area is 220 Å². The van der Waals surface area contributed by atoms with Crippen LogP contribution in [0.2, 0.25) is 0 Å². The highest BCUT2D eigenvalue weighted by Crippen LogP contribution is 2.45. The lowest BCUT2D eigenvalue weighted by atomic mass is 9.70. The summed E-state index contributed by atoms with van der Waals surface area (Å²) < 4.78 is 40.8. The minimum atomic E-state index is -4.56. The molecule has 1 saturated carbocycles. The van der Waals surface area contributed by atoms with Crippen LogP contribution in [0.4, 0.5) is 24.8 Å². The zero-order valence-corrected chi connectivity index (χ0v) is 20.9. The van der Waals surface area contributed by atoms with E-state index in [-0.39, 0.29) is 23.1 Å². The highest BCUT2D eigenvalue weighted by Gasteiger charge is 2.40. The van der Waals surface area contributed by atoms with E-state index >= 15 is 0 Å². The van der Waals surface area contributed by atoms with Gasteiger partial charge in [-0.1, -0.05) is 18.6 Å². The minimum absolute atomic E-state index is 0.104. The Kier molecular flexibility index (Phi) is 6.49. The van der Waals surface area contributed by atoms with Gasteiger partial charge in [0, 0.05) is 35.6 Å². The van der Waals surface area contributed by atoms with Crippen molar-refractivity contribution in [2.45, 2.75) is 44.7 Å². The van der Waals surface area contributed by atoms with Crippen LogP contribution in [-0.2, 0) is 11.0 Å². The maximum Gasteiger partial charge on any atom is 0.416 e. The van der Waals surface area contributed by atoms with Gasteiger partial charge in [-0.15, -0.1) is 0 Å². The second kappa shape index (κ2) is 9.68. The van der Waals surface area contributed by atoms with Gasteiger partial charge >= 0.3 is 12.1 Å². The molecule has 0 spiro atoms. The summed E-state index contributed by atoms with van der Waals surface area (Å²) in [6.07, 6.45) is 2.29. The maximum absolute atomic E-state index is 13.0. The molecule has 3 aromatic heterocycles. The fraction of sp³-hybridized carbons (Fsp3) is 0.296. The van der Waals surface area contributed by atoms with Crippen LogP contribution in [0, 0.1) is 5.41 Å². The number of nitrogen functional groups attached to an aromatic ring is 1. The quantitative estimate of drug-likeness (QED) is 0.310. The van der Waals surface area contributed by atoms with Crippen LogP contribution in [0.15, 0.2) is 55.0 Å². The number of anilines is 2. The van der Waals surface area contributed by atoms with E-state index in [1.54, 1.807) is 31.5 Å². The lowest BCUT2D eigenvalue weighted by Crippen LogP contribution is -2.33. The number of carbonyl (C=O) groups excluding carboxylic acids is 1. The second-order valence-electron chi connectivity index (χ2n) is 9.97. The van der Waals surface area contributed by atoms with E-state index in [2.05, 4.69) is 15.3 Å². The SMILES string of the molecule is CC1(C(=O)O)CCCC(c2nc(-c3ccc(C(=O)Nc4cc(C(F)(F)F)ccn4)cc3)c3c(N)nccn23)C1. The highest BCUT2D eigenvalue weighted by atomic mass is 19.4. The Balaban J connectivity index is 1.45. The topological polar surface area (TPSA) is 135 Å². The predicted octanol–water partition coefficient (Wildman–Crippen LogP) is 5.39. The van der Waals surface area contributed by atoms with Crippen LogP contribution in [0.3, 0.4) is 0 Å². The number of nitrogens with zero attached hydrogens (tertiary/aromatic N) is 4. The molecular formula is C27H25F3N6O3. The van der Waals surface area contributed by atoms with Gasteiger partial charge in [0.1, 0.15) is 28.7 Å². The number of aliphatic carboxylic acids is 1. The minimum Gasteiger partial charge on any atom is -0.481 e. The summed E-state index contributed by atoms with van der Waals surface area (Å²) in [7, 11) is 0. The van der Waals surface area contributed by atoms with Gasteiger partial charge in [0.15, 0.2) is 0 Å². The van der Waals surface area contributed by atoms with Gasteiger partial charge in [0.05, 0.1) is 11.0 Å². The number of carboxylic acid groups (broad SMARTS) is 1. The summed E-state index contributed by atoms with van der Waals surface area (Å²) >= 11 is 0. The van der Waals surface area contributed by atoms with Crippen LogP contribution in [-0.4, -0.2) is 36.3 Å². The predicted molar refractivity (Wildman–Crippen MR) is 137 cm³/mol. The highest BCUT2D eigenvalue weighted by molar-refractivity contribution is 6.04. The van der Waals surface area contributed by atoms with Crippen LogP contribution < -0.4 is 11.1 Å². The van der Waals surface area contributed by atoms with E-state index in [9.17, 15) is 27.9 Å². The summed E-state index contributed by atoms with van der Waals surface area (Å²) in [5.41, 5.74) is 6.41. The van der Waals surface area contributed by atoms with Crippen molar-refractivity contribution in [1.29, 1.82) is 0 Å². The van der Waals surface area contributed by atoms with E-state index in [4.69, 9.17) is 10.7 Å². The maximum atomic E-state index is 13.0. The van der Waals surface area contributed by atoms with E-state index in [1.807, 2.05) is 4.40 Å². The number of nitrogens with two attached hydrogens (primary N) is 1. The molecule has 1 aromatic carbocycles. The third-order valence-electron chi connectivity index (χ3n) is 7.22. The first-order valence-electron chi connectivity index (χ1n) is 12.3. The van der Waals surface area contributed by atoms with E-state index in [1.165, 1.54) is 12.1 Å². The van der Waals surface area contributed by atoms with Crippen molar-refractivity contribution in [1.82, 2.24) is 19.4 Å². The molecule has 0 bridgehead atoms. The van der Waals surface area contributed by atoms with Gasteiger partial charge in [-0.2, -0.15) is 13.2 Å². The first kappa shape index (κ1) is 26.1. The first-order valence-corrected chi connectivity index (χ1v) is 12.3. The van der Waals surface area contributed by atoms with E-state index in [0.29, 0.717) is 35.4 Å². The lowest BCUT2D eigenvalue weighted by Gasteiger charge is -2.34. The number of hydrogen-bond acceptors (Lipinski definition) is 6. The summed E-state index contributed by atoms with van der Waals surface area (Å²) in [5, 5.41) is 12.2. The number of pyridine rings is 1. The largest absolute Gasteiger partial charge is 0.481 e. The lowest BCUT2D eigenvalue weighted by molar-refractivity contribution is -0.150. The number of carbonyl (C=O) groups is 2. The van der Waals surface area contributed by atoms with Crippen molar-refractivity contribution in [3.8, 4) is 11.3 Å². The standard InChI is InChI=1S/C27H25F3N6O3/c1-26(25(38)39)9-2-3-17(14-26)23-35-20(21-22(31)33-11-12-36(21)23)15-4-6-16(7-5-15)24(37)34-19-13-18(8-10-32-19)27(28,29)30/h4-8,10-13,17H,2-3,9,14H2,1H3,(H2,31,33)(H,38,39)(H,32,34,37). The Morgan fingerprint density at radius 2 is 1.90 bits per heavy atom. The molecule has 39 heavy (non-hydrogen) atoms. The number of benzene rings is 1. The van der Waals surface area contributed by atoms with Crippen LogP contribution in [0.25, 0.3) is 16.8 Å². The monoisotopic (exact) mass is 538 g/mol. The summed E-state index contributed by atoms with van der Waals surface area (Å²) in [4.78, 5) is 37.5. The van der Waals surface area contributed by atoms with Crippen molar-refractivity contribution in [2.24, 2.45) is 5.41 Å². The molecule has 1 aliphatic rings. The second-order valence-corrected chi connectivity index (χ2v) is 9.97. The smallest absolute Gasteiger partial charge is 0.416 e. The number of halogens is 3. The third kappa shape index (κ3) is 5.01. The van der Waals surface area contributed by atoms with Crippen molar-refractivity contribution in [3.63, 3.8) is 0 Å². The van der Waals surface area contributed by atoms with E-state index in [0.717, 1.165) is 31.2 Å². The number of fused-ring (bicyclic) bond motifs is 1. The zero-order valence-electron chi connectivity index (χ0n) is 20.9. The number of alkyl halides is 3. The van der Waals surface area contributed by atoms with Crippen molar-refractivity contribution in [3.05, 3.63) is 71.9 Å². The average molecular weight is 539 g/mol. The molecule has 12 heteroatoms. The molecule has 5 rings (SSSR count). The molecular weight excluding hydrogens is 513 g/mol. The normalized spacial score (nSPS) is 19.6. The van der Waals surface area contributed by atoms with Crippen molar-refractivity contribution >= 4 is 29.0 Å². The zero-order chi connectivity index (χ0) is 27.9. The van der Waals surface area contributed by atoms with Gasteiger partial charge in [0.25, 0.3) is 5.91 Å².